The molecule has 3 N–H and O–H groups in total. The van der Waals surface area contributed by atoms with E-state index in [1.54, 1.807) is 0 Å². The molecule has 1 aliphatic rings. The molecule has 2 rings (SSSR count). The van der Waals surface area contributed by atoms with E-state index >= 15 is 0 Å². The Bertz CT molecular complexity index is 375. The number of benzene rings is 1. The third-order valence-electron chi connectivity index (χ3n) is 2.98. The molecule has 94 valence electrons. The molecule has 2 unspecified atom stereocenters. The molecule has 0 amide bonds. The molecule has 17 heavy (non-hydrogen) atoms. The minimum Gasteiger partial charge on any atom is -0.399 e. The van der Waals surface area contributed by atoms with Crippen molar-refractivity contribution in [2.75, 3.05) is 30.3 Å². The van der Waals surface area contributed by atoms with Crippen LogP contribution in [-0.2, 0) is 4.74 Å². The second kappa shape index (κ2) is 4.94. The van der Waals surface area contributed by atoms with Gasteiger partial charge in [-0.3, -0.25) is 0 Å². The van der Waals surface area contributed by atoms with E-state index in [-0.39, 0.29) is 18.8 Å². The Hall–Kier alpha value is -1.26. The van der Waals surface area contributed by atoms with Crippen LogP contribution in [0, 0.1) is 6.92 Å². The molecular weight excluding hydrogens is 216 g/mol. The summed E-state index contributed by atoms with van der Waals surface area (Å²) in [6.07, 6.45) is 0.0168. The number of morpholine rings is 1. The molecule has 2 atom stereocenters. The third-order valence-corrected chi connectivity index (χ3v) is 2.98. The first kappa shape index (κ1) is 12.2. The number of hydrogen-bond acceptors (Lipinski definition) is 4. The van der Waals surface area contributed by atoms with Crippen molar-refractivity contribution < 1.29 is 9.84 Å². The molecule has 0 saturated carbocycles. The van der Waals surface area contributed by atoms with Gasteiger partial charge in [0.15, 0.2) is 0 Å². The van der Waals surface area contributed by atoms with Gasteiger partial charge in [-0.2, -0.15) is 0 Å². The molecule has 4 nitrogen and oxygen atoms in total. The van der Waals surface area contributed by atoms with Gasteiger partial charge in [-0.1, -0.05) is 0 Å². The van der Waals surface area contributed by atoms with Crippen molar-refractivity contribution in [3.05, 3.63) is 23.8 Å². The molecule has 0 aromatic heterocycles. The van der Waals surface area contributed by atoms with Crippen LogP contribution in [0.2, 0.25) is 0 Å². The molecule has 1 saturated heterocycles. The van der Waals surface area contributed by atoms with Gasteiger partial charge in [-0.25, -0.2) is 0 Å². The predicted molar refractivity (Wildman–Crippen MR) is 69.2 cm³/mol. The number of anilines is 2. The Labute approximate surface area is 102 Å². The summed E-state index contributed by atoms with van der Waals surface area (Å²) in [5, 5.41) is 9.21. The summed E-state index contributed by atoms with van der Waals surface area (Å²) < 4.78 is 5.62. The number of ether oxygens (including phenoxy) is 1. The van der Waals surface area contributed by atoms with E-state index in [9.17, 15) is 5.11 Å². The van der Waals surface area contributed by atoms with Gasteiger partial charge in [-0.15, -0.1) is 0 Å². The first-order valence-corrected chi connectivity index (χ1v) is 5.97. The summed E-state index contributed by atoms with van der Waals surface area (Å²) in [4.78, 5) is 2.22. The number of hydrogen-bond donors (Lipinski definition) is 2. The lowest BCUT2D eigenvalue weighted by atomic mass is 10.1. The fourth-order valence-corrected chi connectivity index (χ4v) is 2.33. The van der Waals surface area contributed by atoms with Crippen LogP contribution < -0.4 is 10.6 Å². The van der Waals surface area contributed by atoms with Crippen LogP contribution in [0.25, 0.3) is 0 Å². The molecule has 0 spiro atoms. The van der Waals surface area contributed by atoms with E-state index in [1.807, 2.05) is 26.0 Å². The van der Waals surface area contributed by atoms with Crippen molar-refractivity contribution in [3.8, 4) is 0 Å². The fraction of sp³-hybridized carbons (Fsp3) is 0.538. The van der Waals surface area contributed by atoms with Gasteiger partial charge < -0.3 is 20.5 Å². The monoisotopic (exact) mass is 236 g/mol. The Kier molecular flexibility index (Phi) is 3.54. The fourth-order valence-electron chi connectivity index (χ4n) is 2.33. The smallest absolute Gasteiger partial charge is 0.0984 e. The minimum absolute atomic E-state index is 0.0577. The molecule has 1 fully saturated rings. The first-order valence-electron chi connectivity index (χ1n) is 5.97. The highest BCUT2D eigenvalue weighted by Crippen LogP contribution is 2.24. The highest BCUT2D eigenvalue weighted by molar-refractivity contribution is 5.58. The Morgan fingerprint density at radius 3 is 2.82 bits per heavy atom. The van der Waals surface area contributed by atoms with Gasteiger partial charge in [0.1, 0.15) is 0 Å². The van der Waals surface area contributed by atoms with Crippen LogP contribution >= 0.6 is 0 Å². The van der Waals surface area contributed by atoms with E-state index in [0.29, 0.717) is 6.54 Å². The molecule has 4 heteroatoms. The summed E-state index contributed by atoms with van der Waals surface area (Å²) in [6.45, 7) is 5.66. The zero-order valence-electron chi connectivity index (χ0n) is 10.4. The maximum Gasteiger partial charge on any atom is 0.0984 e. The maximum absolute atomic E-state index is 9.21. The number of nitrogens with two attached hydrogens (primary N) is 1. The molecule has 1 aliphatic heterocycles. The summed E-state index contributed by atoms with van der Waals surface area (Å²) in [7, 11) is 0. The van der Waals surface area contributed by atoms with Crippen LogP contribution in [0.15, 0.2) is 18.2 Å². The number of nitrogen functional groups attached to an aromatic ring is 1. The average molecular weight is 236 g/mol. The maximum atomic E-state index is 9.21. The molecule has 1 aromatic carbocycles. The van der Waals surface area contributed by atoms with E-state index < -0.39 is 0 Å². The van der Waals surface area contributed by atoms with Crippen LogP contribution in [0.3, 0.4) is 0 Å². The van der Waals surface area contributed by atoms with Gasteiger partial charge in [-0.05, 0) is 37.6 Å². The average Bonchev–Trinajstić information content (AvgIpc) is 2.26. The van der Waals surface area contributed by atoms with Gasteiger partial charge >= 0.3 is 0 Å². The van der Waals surface area contributed by atoms with Crippen molar-refractivity contribution in [2.45, 2.75) is 26.1 Å². The molecule has 1 heterocycles. The third kappa shape index (κ3) is 2.90. The lowest BCUT2D eigenvalue weighted by Crippen LogP contribution is -2.48. The molecule has 1 aromatic rings. The predicted octanol–water partition coefficient (Wildman–Crippen LogP) is 1.16. The van der Waals surface area contributed by atoms with Crippen molar-refractivity contribution in [1.82, 2.24) is 0 Å². The van der Waals surface area contributed by atoms with Crippen molar-refractivity contribution in [3.63, 3.8) is 0 Å². The number of aliphatic hydroxyl groups excluding tert-OH is 1. The normalized spacial score (nSPS) is 25.0. The zero-order chi connectivity index (χ0) is 12.4. The largest absolute Gasteiger partial charge is 0.399 e. The highest BCUT2D eigenvalue weighted by Gasteiger charge is 2.24. The van der Waals surface area contributed by atoms with Crippen molar-refractivity contribution in [2.24, 2.45) is 0 Å². The highest BCUT2D eigenvalue weighted by atomic mass is 16.5. The lowest BCUT2D eigenvalue weighted by molar-refractivity contribution is -0.0421. The van der Waals surface area contributed by atoms with Crippen molar-refractivity contribution >= 4 is 11.4 Å². The van der Waals surface area contributed by atoms with Gasteiger partial charge in [0.25, 0.3) is 0 Å². The molecule has 0 aliphatic carbocycles. The lowest BCUT2D eigenvalue weighted by Gasteiger charge is -2.37. The number of aliphatic hydroxyl groups is 1. The molecule has 0 radical (unpaired) electrons. The quantitative estimate of drug-likeness (QED) is 0.757. The van der Waals surface area contributed by atoms with Gasteiger partial charge in [0.05, 0.1) is 18.8 Å². The molecular formula is C13H20N2O2. The van der Waals surface area contributed by atoms with E-state index in [4.69, 9.17) is 10.5 Å². The van der Waals surface area contributed by atoms with E-state index in [1.165, 1.54) is 0 Å². The van der Waals surface area contributed by atoms with Crippen LogP contribution in [-0.4, -0.2) is 37.0 Å². The van der Waals surface area contributed by atoms with Crippen LogP contribution in [0.5, 0.6) is 0 Å². The Morgan fingerprint density at radius 2 is 2.18 bits per heavy atom. The summed E-state index contributed by atoms with van der Waals surface area (Å²) >= 11 is 0. The second-order valence-electron chi connectivity index (χ2n) is 4.76. The van der Waals surface area contributed by atoms with E-state index in [2.05, 4.69) is 11.0 Å². The van der Waals surface area contributed by atoms with Crippen molar-refractivity contribution in [1.29, 1.82) is 0 Å². The van der Waals surface area contributed by atoms with Gasteiger partial charge in [0, 0.05) is 24.5 Å². The van der Waals surface area contributed by atoms with E-state index in [0.717, 1.165) is 23.5 Å². The standard InChI is InChI=1S/C13H20N2O2/c1-9-3-11(14)5-12(4-9)15-6-10(2)17-13(7-15)8-16/h3-5,10,13,16H,6-8,14H2,1-2H3. The zero-order valence-corrected chi connectivity index (χ0v) is 10.4. The second-order valence-corrected chi connectivity index (χ2v) is 4.76. The molecule has 0 bridgehead atoms. The van der Waals surface area contributed by atoms with Crippen LogP contribution in [0.1, 0.15) is 12.5 Å². The summed E-state index contributed by atoms with van der Waals surface area (Å²) in [5.41, 5.74) is 8.90. The van der Waals surface area contributed by atoms with Crippen LogP contribution in [0.4, 0.5) is 11.4 Å². The topological polar surface area (TPSA) is 58.7 Å². The number of nitrogens with zero attached hydrogens (tertiary/aromatic N) is 1. The summed E-state index contributed by atoms with van der Waals surface area (Å²) in [5.74, 6) is 0. The first-order chi connectivity index (χ1) is 8.08. The minimum atomic E-state index is -0.111. The number of aryl methyl sites for hydroxylation is 1. The summed E-state index contributed by atoms with van der Waals surface area (Å²) in [6, 6.07) is 6.04. The SMILES string of the molecule is Cc1cc(N)cc(N2CC(C)OC(CO)C2)c1. The van der Waals surface area contributed by atoms with Gasteiger partial charge in [0.2, 0.25) is 0 Å². The number of rotatable bonds is 2. The Morgan fingerprint density at radius 1 is 1.41 bits per heavy atom. The Balaban J connectivity index is 2.20.